The molecule has 1 unspecified atom stereocenters. The lowest BCUT2D eigenvalue weighted by Gasteiger charge is -2.16. The van der Waals surface area contributed by atoms with Crippen LogP contribution in [-0.2, 0) is 7.05 Å². The number of aromatic amines is 1. The molecule has 2 aromatic heterocycles. The van der Waals surface area contributed by atoms with E-state index in [1.807, 2.05) is 36.1 Å². The Morgan fingerprint density at radius 2 is 2.10 bits per heavy atom. The molecule has 102 valence electrons. The summed E-state index contributed by atoms with van der Waals surface area (Å²) in [5, 5.41) is 14.7. The molecule has 0 saturated heterocycles. The number of aromatic nitrogens is 4. The van der Waals surface area contributed by atoms with Gasteiger partial charge in [0, 0.05) is 30.7 Å². The average molecular weight is 267 g/mol. The number of nitrogens with zero attached hydrogens (tertiary/aromatic N) is 3. The molecule has 2 heterocycles. The molecule has 1 atom stereocenters. The third kappa shape index (κ3) is 2.42. The lowest BCUT2D eigenvalue weighted by atomic mass is 10.1. The Labute approximate surface area is 117 Å². The first kappa shape index (κ1) is 12.5. The van der Waals surface area contributed by atoms with Crippen LogP contribution in [0.1, 0.15) is 18.7 Å². The van der Waals surface area contributed by atoms with Gasteiger partial charge in [0.2, 0.25) is 0 Å². The summed E-state index contributed by atoms with van der Waals surface area (Å²) in [5.74, 6) is 0. The summed E-state index contributed by atoms with van der Waals surface area (Å²) < 4.78 is 1.89. The second-order valence-electron chi connectivity index (χ2n) is 4.80. The summed E-state index contributed by atoms with van der Waals surface area (Å²) in [5.41, 5.74) is 4.36. The highest BCUT2D eigenvalue weighted by Crippen LogP contribution is 2.23. The highest BCUT2D eigenvalue weighted by atomic mass is 15.3. The van der Waals surface area contributed by atoms with Crippen molar-refractivity contribution in [2.45, 2.75) is 13.0 Å². The normalized spacial score (nSPS) is 12.3. The summed E-state index contributed by atoms with van der Waals surface area (Å²) in [6, 6.07) is 12.5. The van der Waals surface area contributed by atoms with E-state index in [1.165, 1.54) is 0 Å². The van der Waals surface area contributed by atoms with Crippen molar-refractivity contribution in [3.05, 3.63) is 54.5 Å². The van der Waals surface area contributed by atoms with E-state index in [4.69, 9.17) is 0 Å². The van der Waals surface area contributed by atoms with E-state index in [1.54, 1.807) is 6.20 Å². The molecule has 0 radical (unpaired) electrons. The molecular weight excluding hydrogens is 250 g/mol. The smallest absolute Gasteiger partial charge is 0.0653 e. The van der Waals surface area contributed by atoms with E-state index in [9.17, 15) is 0 Å². The van der Waals surface area contributed by atoms with Crippen molar-refractivity contribution >= 4 is 5.69 Å². The molecule has 0 spiro atoms. The van der Waals surface area contributed by atoms with Crippen molar-refractivity contribution in [1.29, 1.82) is 0 Å². The van der Waals surface area contributed by atoms with E-state index in [0.717, 1.165) is 22.6 Å². The Kier molecular flexibility index (Phi) is 3.25. The van der Waals surface area contributed by atoms with Gasteiger partial charge >= 0.3 is 0 Å². The van der Waals surface area contributed by atoms with Gasteiger partial charge in [-0.1, -0.05) is 12.1 Å². The van der Waals surface area contributed by atoms with Gasteiger partial charge in [-0.25, -0.2) is 0 Å². The highest BCUT2D eigenvalue weighted by molar-refractivity contribution is 5.64. The number of anilines is 1. The topological polar surface area (TPSA) is 58.5 Å². The number of hydrogen-bond acceptors (Lipinski definition) is 3. The molecular formula is C15H17N5. The van der Waals surface area contributed by atoms with E-state index in [0.29, 0.717) is 0 Å². The molecule has 0 aliphatic rings. The fourth-order valence-corrected chi connectivity index (χ4v) is 2.33. The summed E-state index contributed by atoms with van der Waals surface area (Å²) >= 11 is 0. The van der Waals surface area contributed by atoms with Crippen LogP contribution in [0.5, 0.6) is 0 Å². The maximum Gasteiger partial charge on any atom is 0.0653 e. The Hall–Kier alpha value is -2.56. The minimum absolute atomic E-state index is 0.194. The predicted octanol–water partition coefficient (Wildman–Crippen LogP) is 2.98. The van der Waals surface area contributed by atoms with Gasteiger partial charge in [-0.15, -0.1) is 0 Å². The summed E-state index contributed by atoms with van der Waals surface area (Å²) in [6.07, 6.45) is 3.57. The van der Waals surface area contributed by atoms with Gasteiger partial charge in [0.15, 0.2) is 0 Å². The first-order valence-corrected chi connectivity index (χ1v) is 6.58. The third-order valence-electron chi connectivity index (χ3n) is 3.36. The molecule has 20 heavy (non-hydrogen) atoms. The minimum Gasteiger partial charge on any atom is -0.377 e. The minimum atomic E-state index is 0.194. The molecule has 3 rings (SSSR count). The molecule has 0 fully saturated rings. The second kappa shape index (κ2) is 5.21. The largest absolute Gasteiger partial charge is 0.377 e. The van der Waals surface area contributed by atoms with Crippen molar-refractivity contribution < 1.29 is 0 Å². The number of rotatable bonds is 4. The fraction of sp³-hybridized carbons (Fsp3) is 0.200. The Morgan fingerprint density at radius 3 is 2.80 bits per heavy atom. The van der Waals surface area contributed by atoms with Gasteiger partial charge in [0.25, 0.3) is 0 Å². The van der Waals surface area contributed by atoms with Crippen LogP contribution >= 0.6 is 0 Å². The van der Waals surface area contributed by atoms with Crippen LogP contribution in [0, 0.1) is 0 Å². The predicted molar refractivity (Wildman–Crippen MR) is 79.3 cm³/mol. The lowest BCUT2D eigenvalue weighted by Crippen LogP contribution is -2.11. The van der Waals surface area contributed by atoms with Crippen LogP contribution in [0.15, 0.2) is 48.8 Å². The molecule has 1 aromatic carbocycles. The summed E-state index contributed by atoms with van der Waals surface area (Å²) in [7, 11) is 1.95. The molecule has 0 aliphatic heterocycles. The highest BCUT2D eigenvalue weighted by Gasteiger charge is 2.09. The molecule has 0 amide bonds. The van der Waals surface area contributed by atoms with Crippen LogP contribution in [0.25, 0.3) is 11.3 Å². The standard InChI is InChI=1S/C15H17N5/c1-11(15-7-9-17-20(15)2)18-13-5-3-4-12(10-13)14-6-8-16-19-14/h3-11,18H,1-2H3,(H,16,19). The summed E-state index contributed by atoms with van der Waals surface area (Å²) in [6.45, 7) is 2.12. The molecule has 5 nitrogen and oxygen atoms in total. The molecule has 0 saturated carbocycles. The summed E-state index contributed by atoms with van der Waals surface area (Å²) in [4.78, 5) is 0. The van der Waals surface area contributed by atoms with Gasteiger partial charge in [-0.05, 0) is 31.2 Å². The van der Waals surface area contributed by atoms with E-state index in [2.05, 4.69) is 45.7 Å². The van der Waals surface area contributed by atoms with E-state index in [-0.39, 0.29) is 6.04 Å². The zero-order chi connectivity index (χ0) is 13.9. The van der Waals surface area contributed by atoms with Crippen LogP contribution in [0.3, 0.4) is 0 Å². The first-order chi connectivity index (χ1) is 9.74. The van der Waals surface area contributed by atoms with Crippen LogP contribution in [0.4, 0.5) is 5.69 Å². The van der Waals surface area contributed by atoms with Crippen LogP contribution < -0.4 is 5.32 Å². The Bertz CT molecular complexity index is 684. The SMILES string of the molecule is CC(Nc1cccc(-c2ccn[nH]2)c1)c1ccnn1C. The zero-order valence-corrected chi connectivity index (χ0v) is 11.5. The quantitative estimate of drug-likeness (QED) is 0.764. The fourth-order valence-electron chi connectivity index (χ4n) is 2.33. The van der Waals surface area contributed by atoms with Gasteiger partial charge in [0.05, 0.1) is 17.4 Å². The van der Waals surface area contributed by atoms with Crippen LogP contribution in [0.2, 0.25) is 0 Å². The first-order valence-electron chi connectivity index (χ1n) is 6.58. The number of H-pyrrole nitrogens is 1. The van der Waals surface area contributed by atoms with Gasteiger partial charge in [0.1, 0.15) is 0 Å². The molecule has 0 bridgehead atoms. The van der Waals surface area contributed by atoms with E-state index >= 15 is 0 Å². The Balaban J connectivity index is 1.81. The molecule has 2 N–H and O–H groups in total. The number of nitrogens with one attached hydrogen (secondary N) is 2. The number of aryl methyl sites for hydroxylation is 1. The third-order valence-corrected chi connectivity index (χ3v) is 3.36. The molecule has 0 aliphatic carbocycles. The second-order valence-corrected chi connectivity index (χ2v) is 4.80. The lowest BCUT2D eigenvalue weighted by molar-refractivity contribution is 0.676. The van der Waals surface area contributed by atoms with Crippen molar-refractivity contribution in [3.8, 4) is 11.3 Å². The van der Waals surface area contributed by atoms with Gasteiger partial charge < -0.3 is 5.32 Å². The average Bonchev–Trinajstić information content (AvgIpc) is 3.09. The van der Waals surface area contributed by atoms with Crippen molar-refractivity contribution in [1.82, 2.24) is 20.0 Å². The molecule has 5 heteroatoms. The monoisotopic (exact) mass is 267 g/mol. The Morgan fingerprint density at radius 1 is 1.20 bits per heavy atom. The van der Waals surface area contributed by atoms with Crippen molar-refractivity contribution in [2.75, 3.05) is 5.32 Å². The van der Waals surface area contributed by atoms with E-state index < -0.39 is 0 Å². The molecule has 3 aromatic rings. The zero-order valence-electron chi connectivity index (χ0n) is 11.5. The van der Waals surface area contributed by atoms with Crippen molar-refractivity contribution in [2.24, 2.45) is 7.05 Å². The van der Waals surface area contributed by atoms with Gasteiger partial charge in [-0.2, -0.15) is 10.2 Å². The maximum atomic E-state index is 4.20. The number of hydrogen-bond donors (Lipinski definition) is 2. The van der Waals surface area contributed by atoms with Crippen LogP contribution in [-0.4, -0.2) is 20.0 Å². The van der Waals surface area contributed by atoms with Crippen molar-refractivity contribution in [3.63, 3.8) is 0 Å². The maximum absolute atomic E-state index is 4.20. The van der Waals surface area contributed by atoms with Gasteiger partial charge in [-0.3, -0.25) is 9.78 Å². The number of benzene rings is 1.